The van der Waals surface area contributed by atoms with Gasteiger partial charge in [0.1, 0.15) is 0 Å². The molecule has 20 heavy (non-hydrogen) atoms. The smallest absolute Gasteiger partial charge is 0.400 e. The van der Waals surface area contributed by atoms with Crippen molar-refractivity contribution in [3.8, 4) is 0 Å². The van der Waals surface area contributed by atoms with Crippen LogP contribution in [0.2, 0.25) is 0 Å². The van der Waals surface area contributed by atoms with Gasteiger partial charge in [-0.25, -0.2) is 0 Å². The van der Waals surface area contributed by atoms with Crippen LogP contribution in [0.25, 0.3) is 0 Å². The standard InChI is InChI=1S/C17H25BO2/c1-14(10-9-13-15-11-7-6-8-12-15)18-19-16(2,3)17(4,5)20-18/h6-8,10-12H,9,13H2,1-5H3/b14-10-. The molecule has 0 amide bonds. The van der Waals surface area contributed by atoms with Gasteiger partial charge >= 0.3 is 7.12 Å². The summed E-state index contributed by atoms with van der Waals surface area (Å²) >= 11 is 0. The Morgan fingerprint density at radius 1 is 1.05 bits per heavy atom. The van der Waals surface area contributed by atoms with Crippen LogP contribution in [0.3, 0.4) is 0 Å². The van der Waals surface area contributed by atoms with Gasteiger partial charge in [0, 0.05) is 0 Å². The Morgan fingerprint density at radius 3 is 2.15 bits per heavy atom. The summed E-state index contributed by atoms with van der Waals surface area (Å²) < 4.78 is 12.1. The summed E-state index contributed by atoms with van der Waals surface area (Å²) in [5, 5.41) is 0. The third-order valence-electron chi connectivity index (χ3n) is 4.37. The highest BCUT2D eigenvalue weighted by molar-refractivity contribution is 6.54. The Balaban J connectivity index is 1.92. The average molecular weight is 272 g/mol. The lowest BCUT2D eigenvalue weighted by Crippen LogP contribution is -2.41. The number of rotatable bonds is 4. The maximum atomic E-state index is 6.04. The van der Waals surface area contributed by atoms with Gasteiger partial charge in [-0.15, -0.1) is 0 Å². The van der Waals surface area contributed by atoms with E-state index in [4.69, 9.17) is 9.31 Å². The molecule has 108 valence electrons. The van der Waals surface area contributed by atoms with Crippen LogP contribution >= 0.6 is 0 Å². The fourth-order valence-electron chi connectivity index (χ4n) is 2.24. The highest BCUT2D eigenvalue weighted by atomic mass is 16.7. The van der Waals surface area contributed by atoms with Crippen LogP contribution < -0.4 is 0 Å². The van der Waals surface area contributed by atoms with Crippen molar-refractivity contribution in [2.75, 3.05) is 0 Å². The van der Waals surface area contributed by atoms with E-state index in [1.54, 1.807) is 0 Å². The van der Waals surface area contributed by atoms with E-state index in [2.05, 4.69) is 71.0 Å². The van der Waals surface area contributed by atoms with Crippen molar-refractivity contribution in [1.82, 2.24) is 0 Å². The molecule has 0 aromatic heterocycles. The Bertz CT molecular complexity index is 461. The predicted molar refractivity (Wildman–Crippen MR) is 84.6 cm³/mol. The second-order valence-corrected chi connectivity index (χ2v) is 6.56. The lowest BCUT2D eigenvalue weighted by Gasteiger charge is -2.32. The summed E-state index contributed by atoms with van der Waals surface area (Å²) in [6.07, 6.45) is 4.30. The molecule has 1 fully saturated rings. The predicted octanol–water partition coefficient (Wildman–Crippen LogP) is 4.20. The van der Waals surface area contributed by atoms with Crippen LogP contribution in [0, 0.1) is 0 Å². The summed E-state index contributed by atoms with van der Waals surface area (Å²) in [5.41, 5.74) is 2.02. The van der Waals surface area contributed by atoms with E-state index in [1.807, 2.05) is 0 Å². The van der Waals surface area contributed by atoms with Crippen molar-refractivity contribution in [3.63, 3.8) is 0 Å². The molecule has 1 aliphatic heterocycles. The first-order chi connectivity index (χ1) is 9.32. The first-order valence-corrected chi connectivity index (χ1v) is 7.38. The molecule has 2 nitrogen and oxygen atoms in total. The van der Waals surface area contributed by atoms with Crippen molar-refractivity contribution in [2.24, 2.45) is 0 Å². The molecule has 3 heteroatoms. The molecule has 0 saturated carbocycles. The summed E-state index contributed by atoms with van der Waals surface area (Å²) in [7, 11) is -0.212. The second kappa shape index (κ2) is 5.75. The molecular weight excluding hydrogens is 247 g/mol. The first-order valence-electron chi connectivity index (χ1n) is 7.38. The Labute approximate surface area is 123 Å². The van der Waals surface area contributed by atoms with Crippen molar-refractivity contribution in [3.05, 3.63) is 47.4 Å². The maximum Gasteiger partial charge on any atom is 0.489 e. The van der Waals surface area contributed by atoms with Gasteiger partial charge in [0.2, 0.25) is 0 Å². The van der Waals surface area contributed by atoms with Gasteiger partial charge in [0.25, 0.3) is 0 Å². The largest absolute Gasteiger partial charge is 0.489 e. The van der Waals surface area contributed by atoms with E-state index >= 15 is 0 Å². The normalized spacial score (nSPS) is 21.2. The maximum absolute atomic E-state index is 6.04. The van der Waals surface area contributed by atoms with Crippen molar-refractivity contribution in [1.29, 1.82) is 0 Å². The third kappa shape index (κ3) is 3.33. The summed E-state index contributed by atoms with van der Waals surface area (Å²) in [5.74, 6) is 0. The lowest BCUT2D eigenvalue weighted by atomic mass is 9.78. The van der Waals surface area contributed by atoms with Crippen LogP contribution in [0.15, 0.2) is 41.9 Å². The van der Waals surface area contributed by atoms with E-state index in [1.165, 1.54) is 11.0 Å². The van der Waals surface area contributed by atoms with Crippen molar-refractivity contribution in [2.45, 2.75) is 58.7 Å². The third-order valence-corrected chi connectivity index (χ3v) is 4.37. The Hall–Kier alpha value is -1.06. The highest BCUT2D eigenvalue weighted by Gasteiger charge is 2.51. The van der Waals surface area contributed by atoms with Gasteiger partial charge < -0.3 is 9.31 Å². The molecule has 1 aromatic carbocycles. The molecule has 0 atom stereocenters. The minimum atomic E-state index is -0.258. The minimum absolute atomic E-state index is 0.212. The summed E-state index contributed by atoms with van der Waals surface area (Å²) in [4.78, 5) is 0. The number of aryl methyl sites for hydroxylation is 1. The fraction of sp³-hybridized carbons (Fsp3) is 0.529. The monoisotopic (exact) mass is 272 g/mol. The second-order valence-electron chi connectivity index (χ2n) is 6.56. The SMILES string of the molecule is C/C(=C/CCc1ccccc1)B1OC(C)(C)C(C)(C)O1. The molecule has 1 aliphatic rings. The van der Waals surface area contributed by atoms with Gasteiger partial charge in [0.15, 0.2) is 0 Å². The van der Waals surface area contributed by atoms with Crippen LogP contribution in [0.1, 0.15) is 46.6 Å². The molecule has 1 saturated heterocycles. The Morgan fingerprint density at radius 2 is 1.60 bits per heavy atom. The van der Waals surface area contributed by atoms with E-state index in [-0.39, 0.29) is 18.3 Å². The average Bonchev–Trinajstić information content (AvgIpc) is 2.60. The van der Waals surface area contributed by atoms with Gasteiger partial charge in [-0.1, -0.05) is 36.4 Å². The molecule has 0 bridgehead atoms. The van der Waals surface area contributed by atoms with Crippen LogP contribution in [0.4, 0.5) is 0 Å². The molecule has 0 unspecified atom stereocenters. The van der Waals surface area contributed by atoms with Gasteiger partial charge in [0.05, 0.1) is 11.2 Å². The number of benzene rings is 1. The molecule has 0 spiro atoms. The quantitative estimate of drug-likeness (QED) is 0.765. The molecular formula is C17H25BO2. The Kier molecular flexibility index (Phi) is 4.41. The van der Waals surface area contributed by atoms with Gasteiger partial charge in [-0.2, -0.15) is 0 Å². The van der Waals surface area contributed by atoms with E-state index in [0.29, 0.717) is 0 Å². The zero-order valence-electron chi connectivity index (χ0n) is 13.3. The van der Waals surface area contributed by atoms with Crippen LogP contribution in [-0.2, 0) is 15.7 Å². The molecule has 0 aliphatic carbocycles. The van der Waals surface area contributed by atoms with E-state index in [9.17, 15) is 0 Å². The minimum Gasteiger partial charge on any atom is -0.400 e. The molecule has 2 rings (SSSR count). The highest BCUT2D eigenvalue weighted by Crippen LogP contribution is 2.38. The lowest BCUT2D eigenvalue weighted by molar-refractivity contribution is 0.00578. The number of allylic oxidation sites excluding steroid dienone is 2. The van der Waals surface area contributed by atoms with Crippen LogP contribution in [0.5, 0.6) is 0 Å². The van der Waals surface area contributed by atoms with E-state index < -0.39 is 0 Å². The van der Waals surface area contributed by atoms with Gasteiger partial charge in [-0.3, -0.25) is 0 Å². The fourth-order valence-corrected chi connectivity index (χ4v) is 2.24. The molecule has 1 heterocycles. The topological polar surface area (TPSA) is 18.5 Å². The summed E-state index contributed by atoms with van der Waals surface area (Å²) in [6.45, 7) is 10.4. The number of hydrogen-bond acceptors (Lipinski definition) is 2. The van der Waals surface area contributed by atoms with Gasteiger partial charge in [-0.05, 0) is 58.5 Å². The van der Waals surface area contributed by atoms with E-state index in [0.717, 1.165) is 12.8 Å². The molecule has 0 radical (unpaired) electrons. The zero-order chi connectivity index (χ0) is 14.8. The first kappa shape index (κ1) is 15.3. The number of hydrogen-bond donors (Lipinski definition) is 0. The molecule has 0 N–H and O–H groups in total. The summed E-state index contributed by atoms with van der Waals surface area (Å²) in [6, 6.07) is 10.5. The van der Waals surface area contributed by atoms with Crippen molar-refractivity contribution >= 4 is 7.12 Å². The van der Waals surface area contributed by atoms with Crippen molar-refractivity contribution < 1.29 is 9.31 Å². The zero-order valence-corrected chi connectivity index (χ0v) is 13.3. The van der Waals surface area contributed by atoms with Crippen LogP contribution in [-0.4, -0.2) is 18.3 Å². The molecule has 1 aromatic rings.